The van der Waals surface area contributed by atoms with Gasteiger partial charge in [0, 0.05) is 0 Å². The van der Waals surface area contributed by atoms with Gasteiger partial charge in [-0.15, -0.1) is 0 Å². The van der Waals surface area contributed by atoms with Gasteiger partial charge >= 0.3 is 12.0 Å². The minimum atomic E-state index is -0.828. The van der Waals surface area contributed by atoms with Crippen molar-refractivity contribution in [1.29, 1.82) is 0 Å². The summed E-state index contributed by atoms with van der Waals surface area (Å²) in [6.07, 6.45) is 2.77. The zero-order chi connectivity index (χ0) is 23.1. The smallest absolute Gasteiger partial charge is 0.344 e. The van der Waals surface area contributed by atoms with E-state index in [-0.39, 0.29) is 25.3 Å². The van der Waals surface area contributed by atoms with Crippen molar-refractivity contribution in [1.82, 2.24) is 10.2 Å². The number of hydrogen-bond donors (Lipinski definition) is 1. The van der Waals surface area contributed by atoms with E-state index in [1.807, 2.05) is 0 Å². The number of amides is 4. The number of barbiturate groups is 1. The van der Waals surface area contributed by atoms with Crippen molar-refractivity contribution < 1.29 is 37.8 Å². The van der Waals surface area contributed by atoms with Crippen LogP contribution >= 0.6 is 0 Å². The molecule has 0 radical (unpaired) electrons. The molecule has 2 heterocycles. The SMILES string of the molecule is CCOC(=O)COc1ccc(C=C2C(=O)NC(=O)N(Cc3ccco3)C2=O)cc1OCC. The first kappa shape index (κ1) is 22.6. The maximum Gasteiger partial charge on any atom is 0.344 e. The molecule has 1 aliphatic rings. The van der Waals surface area contributed by atoms with E-state index >= 15 is 0 Å². The normalized spacial score (nSPS) is 15.0. The second-order valence-electron chi connectivity index (χ2n) is 6.52. The summed E-state index contributed by atoms with van der Waals surface area (Å²) in [4.78, 5) is 49.7. The van der Waals surface area contributed by atoms with Gasteiger partial charge in [0.1, 0.15) is 11.3 Å². The summed E-state index contributed by atoms with van der Waals surface area (Å²) in [5.41, 5.74) is 0.238. The highest BCUT2D eigenvalue weighted by atomic mass is 16.6. The number of esters is 1. The monoisotopic (exact) mass is 442 g/mol. The lowest BCUT2D eigenvalue weighted by Crippen LogP contribution is -2.53. The van der Waals surface area contributed by atoms with Gasteiger partial charge in [0.15, 0.2) is 18.1 Å². The van der Waals surface area contributed by atoms with Crippen LogP contribution in [0.15, 0.2) is 46.6 Å². The van der Waals surface area contributed by atoms with Crippen molar-refractivity contribution in [3.63, 3.8) is 0 Å². The predicted molar refractivity (Wildman–Crippen MR) is 111 cm³/mol. The molecule has 1 N–H and O–H groups in total. The molecule has 168 valence electrons. The maximum absolute atomic E-state index is 12.8. The van der Waals surface area contributed by atoms with E-state index in [4.69, 9.17) is 18.6 Å². The van der Waals surface area contributed by atoms with Gasteiger partial charge in [-0.3, -0.25) is 19.8 Å². The summed E-state index contributed by atoms with van der Waals surface area (Å²) in [6, 6.07) is 7.11. The van der Waals surface area contributed by atoms with Gasteiger partial charge in [0.05, 0.1) is 26.0 Å². The molecule has 1 fully saturated rings. The van der Waals surface area contributed by atoms with Crippen LogP contribution in [0.1, 0.15) is 25.2 Å². The summed E-state index contributed by atoms with van der Waals surface area (Å²) in [5.74, 6) is -1.07. The van der Waals surface area contributed by atoms with E-state index in [0.717, 1.165) is 4.90 Å². The van der Waals surface area contributed by atoms with Gasteiger partial charge in [-0.05, 0) is 49.8 Å². The van der Waals surface area contributed by atoms with Gasteiger partial charge < -0.3 is 18.6 Å². The first-order chi connectivity index (χ1) is 15.4. The van der Waals surface area contributed by atoms with E-state index in [1.54, 1.807) is 44.2 Å². The van der Waals surface area contributed by atoms with Crippen LogP contribution in [0.4, 0.5) is 4.79 Å². The Kier molecular flexibility index (Phi) is 7.27. The molecule has 3 rings (SSSR count). The largest absolute Gasteiger partial charge is 0.490 e. The van der Waals surface area contributed by atoms with Crippen LogP contribution in [0, 0.1) is 0 Å². The van der Waals surface area contributed by atoms with Gasteiger partial charge in [-0.25, -0.2) is 9.59 Å². The Morgan fingerprint density at radius 3 is 2.59 bits per heavy atom. The Labute approximate surface area is 183 Å². The molecule has 2 aromatic rings. The van der Waals surface area contributed by atoms with Crippen LogP contribution in [-0.2, 0) is 25.7 Å². The van der Waals surface area contributed by atoms with Crippen molar-refractivity contribution in [2.24, 2.45) is 0 Å². The van der Waals surface area contributed by atoms with Crippen LogP contribution in [-0.4, -0.2) is 48.5 Å². The van der Waals surface area contributed by atoms with Crippen molar-refractivity contribution in [3.8, 4) is 11.5 Å². The minimum Gasteiger partial charge on any atom is -0.490 e. The third kappa shape index (κ3) is 5.34. The molecule has 1 aliphatic heterocycles. The van der Waals surface area contributed by atoms with Crippen molar-refractivity contribution in [2.75, 3.05) is 19.8 Å². The molecule has 1 aromatic carbocycles. The Balaban J connectivity index is 1.83. The standard InChI is InChI=1S/C22H22N2O8/c1-3-29-18-11-14(7-8-17(18)32-13-19(25)30-4-2)10-16-20(26)23-22(28)24(21(16)27)12-15-6-5-9-31-15/h5-11H,3-4,12-13H2,1-2H3,(H,23,26,28). The highest BCUT2D eigenvalue weighted by Crippen LogP contribution is 2.30. The van der Waals surface area contributed by atoms with Gasteiger partial charge in [0.2, 0.25) is 0 Å². The number of furan rings is 1. The predicted octanol–water partition coefficient (Wildman–Crippen LogP) is 2.28. The number of benzene rings is 1. The summed E-state index contributed by atoms with van der Waals surface area (Å²) in [6.45, 7) is 3.61. The molecular weight excluding hydrogens is 420 g/mol. The topological polar surface area (TPSA) is 124 Å². The van der Waals surface area contributed by atoms with Crippen LogP contribution in [0.3, 0.4) is 0 Å². The zero-order valence-electron chi connectivity index (χ0n) is 17.6. The molecular formula is C22H22N2O8. The van der Waals surface area contributed by atoms with E-state index in [2.05, 4.69) is 5.32 Å². The molecule has 1 saturated heterocycles. The highest BCUT2D eigenvalue weighted by Gasteiger charge is 2.36. The quantitative estimate of drug-likeness (QED) is 0.356. The van der Waals surface area contributed by atoms with Crippen molar-refractivity contribution >= 4 is 29.9 Å². The molecule has 10 nitrogen and oxygen atoms in total. The lowest BCUT2D eigenvalue weighted by molar-refractivity contribution is -0.145. The summed E-state index contributed by atoms with van der Waals surface area (Å²) in [5, 5.41) is 2.15. The van der Waals surface area contributed by atoms with Gasteiger partial charge in [-0.1, -0.05) is 6.07 Å². The van der Waals surface area contributed by atoms with Crippen LogP contribution < -0.4 is 14.8 Å². The molecule has 1 aromatic heterocycles. The fraction of sp³-hybridized carbons (Fsp3) is 0.273. The average molecular weight is 442 g/mol. The van der Waals surface area contributed by atoms with E-state index in [0.29, 0.717) is 29.4 Å². The number of ether oxygens (including phenoxy) is 3. The Hall–Kier alpha value is -4.08. The molecule has 4 amide bonds. The third-order valence-corrected chi connectivity index (χ3v) is 4.31. The molecule has 0 bridgehead atoms. The Bertz CT molecular complexity index is 1040. The minimum absolute atomic E-state index is 0.118. The summed E-state index contributed by atoms with van der Waals surface area (Å²) in [7, 11) is 0. The third-order valence-electron chi connectivity index (χ3n) is 4.31. The number of carbonyl (C=O) groups is 4. The van der Waals surface area contributed by atoms with Crippen molar-refractivity contribution in [3.05, 3.63) is 53.5 Å². The van der Waals surface area contributed by atoms with Crippen LogP contribution in [0.25, 0.3) is 6.08 Å². The highest BCUT2D eigenvalue weighted by molar-refractivity contribution is 6.30. The second-order valence-corrected chi connectivity index (χ2v) is 6.52. The van der Waals surface area contributed by atoms with E-state index < -0.39 is 23.8 Å². The molecule has 0 atom stereocenters. The number of hydrogen-bond acceptors (Lipinski definition) is 8. The number of nitrogens with one attached hydrogen (secondary N) is 1. The molecule has 10 heteroatoms. The second kappa shape index (κ2) is 10.3. The molecule has 0 spiro atoms. The van der Waals surface area contributed by atoms with E-state index in [1.165, 1.54) is 12.3 Å². The first-order valence-corrected chi connectivity index (χ1v) is 9.89. The summed E-state index contributed by atoms with van der Waals surface area (Å²) >= 11 is 0. The Morgan fingerprint density at radius 1 is 1.09 bits per heavy atom. The number of imide groups is 2. The number of rotatable bonds is 9. The molecule has 0 aliphatic carbocycles. The molecule has 32 heavy (non-hydrogen) atoms. The lowest BCUT2D eigenvalue weighted by atomic mass is 10.1. The first-order valence-electron chi connectivity index (χ1n) is 9.89. The zero-order valence-corrected chi connectivity index (χ0v) is 17.6. The summed E-state index contributed by atoms with van der Waals surface area (Å²) < 4.78 is 21.0. The number of carbonyl (C=O) groups excluding carboxylic acids is 4. The van der Waals surface area contributed by atoms with E-state index in [9.17, 15) is 19.2 Å². The average Bonchev–Trinajstić information content (AvgIpc) is 3.27. The maximum atomic E-state index is 12.8. The van der Waals surface area contributed by atoms with Gasteiger partial charge in [0.25, 0.3) is 11.8 Å². The molecule has 0 unspecified atom stereocenters. The molecule has 0 saturated carbocycles. The fourth-order valence-electron chi connectivity index (χ4n) is 2.90. The van der Waals surface area contributed by atoms with Crippen LogP contribution in [0.5, 0.6) is 11.5 Å². The number of nitrogens with zero attached hydrogens (tertiary/aromatic N) is 1. The fourth-order valence-corrected chi connectivity index (χ4v) is 2.90. The van der Waals surface area contributed by atoms with Gasteiger partial charge in [-0.2, -0.15) is 0 Å². The van der Waals surface area contributed by atoms with Crippen molar-refractivity contribution in [2.45, 2.75) is 20.4 Å². The van der Waals surface area contributed by atoms with Crippen LogP contribution in [0.2, 0.25) is 0 Å². The Morgan fingerprint density at radius 2 is 1.91 bits per heavy atom. The lowest BCUT2D eigenvalue weighted by Gasteiger charge is -2.25. The number of urea groups is 1.